The second-order valence-electron chi connectivity index (χ2n) is 4.22. The fraction of sp³-hybridized carbons (Fsp3) is 0.500. The first-order valence-corrected chi connectivity index (χ1v) is 5.19. The lowest BCUT2D eigenvalue weighted by Gasteiger charge is -2.30. The molecular weight excluding hydrogens is 174 g/mol. The van der Waals surface area contributed by atoms with E-state index in [4.69, 9.17) is 5.73 Å². The number of rotatable bonds is 2. The molecule has 3 N–H and O–H groups in total. The van der Waals surface area contributed by atoms with Crippen LogP contribution in [0.4, 0.5) is 0 Å². The lowest BCUT2D eigenvalue weighted by atomic mass is 9.84. The van der Waals surface area contributed by atoms with Gasteiger partial charge in [-0.15, -0.1) is 0 Å². The molecule has 76 valence electrons. The van der Waals surface area contributed by atoms with Gasteiger partial charge < -0.3 is 10.8 Å². The number of hydrogen-bond donors (Lipinski definition) is 2. The molecule has 0 spiro atoms. The summed E-state index contributed by atoms with van der Waals surface area (Å²) >= 11 is 0. The summed E-state index contributed by atoms with van der Waals surface area (Å²) in [7, 11) is 0. The van der Waals surface area contributed by atoms with Gasteiger partial charge in [0, 0.05) is 5.92 Å². The van der Waals surface area contributed by atoms with Crippen molar-refractivity contribution in [3.05, 3.63) is 35.4 Å². The van der Waals surface area contributed by atoms with Crippen molar-refractivity contribution >= 4 is 0 Å². The van der Waals surface area contributed by atoms with Gasteiger partial charge in [0.05, 0.1) is 5.60 Å². The van der Waals surface area contributed by atoms with E-state index in [1.165, 1.54) is 5.56 Å². The predicted molar refractivity (Wildman–Crippen MR) is 56.9 cm³/mol. The lowest BCUT2D eigenvalue weighted by molar-refractivity contribution is -0.0118. The quantitative estimate of drug-likeness (QED) is 0.742. The second-order valence-corrected chi connectivity index (χ2v) is 4.22. The van der Waals surface area contributed by atoms with Gasteiger partial charge in [0.2, 0.25) is 0 Å². The average molecular weight is 191 g/mol. The summed E-state index contributed by atoms with van der Waals surface area (Å²) in [6.45, 7) is 2.55. The highest BCUT2D eigenvalue weighted by Crippen LogP contribution is 2.41. The van der Waals surface area contributed by atoms with Crippen LogP contribution in [-0.4, -0.2) is 11.7 Å². The van der Waals surface area contributed by atoms with Gasteiger partial charge in [-0.1, -0.05) is 31.2 Å². The highest BCUT2D eigenvalue weighted by Gasteiger charge is 2.40. The molecule has 2 unspecified atom stereocenters. The highest BCUT2D eigenvalue weighted by molar-refractivity contribution is 5.37. The van der Waals surface area contributed by atoms with Gasteiger partial charge in [-0.25, -0.2) is 0 Å². The van der Waals surface area contributed by atoms with Crippen molar-refractivity contribution in [2.45, 2.75) is 25.4 Å². The van der Waals surface area contributed by atoms with Gasteiger partial charge in [-0.3, -0.25) is 0 Å². The Morgan fingerprint density at radius 1 is 1.50 bits per heavy atom. The Hall–Kier alpha value is -0.860. The van der Waals surface area contributed by atoms with Crippen molar-refractivity contribution in [1.82, 2.24) is 0 Å². The third kappa shape index (κ3) is 1.26. The highest BCUT2D eigenvalue weighted by atomic mass is 16.3. The van der Waals surface area contributed by atoms with E-state index in [-0.39, 0.29) is 5.92 Å². The molecule has 0 radical (unpaired) electrons. The summed E-state index contributed by atoms with van der Waals surface area (Å²) < 4.78 is 0. The maximum Gasteiger partial charge on any atom is 0.0939 e. The molecule has 14 heavy (non-hydrogen) atoms. The van der Waals surface area contributed by atoms with Gasteiger partial charge >= 0.3 is 0 Å². The minimum atomic E-state index is -0.689. The third-order valence-corrected chi connectivity index (χ3v) is 3.43. The van der Waals surface area contributed by atoms with E-state index in [1.807, 2.05) is 25.1 Å². The van der Waals surface area contributed by atoms with E-state index in [9.17, 15) is 5.11 Å². The molecule has 0 heterocycles. The van der Waals surface area contributed by atoms with Crippen molar-refractivity contribution < 1.29 is 5.11 Å². The van der Waals surface area contributed by atoms with Gasteiger partial charge in [-0.05, 0) is 30.5 Å². The Morgan fingerprint density at radius 2 is 2.21 bits per heavy atom. The minimum Gasteiger partial charge on any atom is -0.385 e. The van der Waals surface area contributed by atoms with Gasteiger partial charge in [-0.2, -0.15) is 0 Å². The molecule has 2 rings (SSSR count). The van der Waals surface area contributed by atoms with Crippen molar-refractivity contribution in [3.63, 3.8) is 0 Å². The Morgan fingerprint density at radius 3 is 2.93 bits per heavy atom. The molecule has 2 nitrogen and oxygen atoms in total. The van der Waals surface area contributed by atoms with Crippen LogP contribution in [0.15, 0.2) is 24.3 Å². The fourth-order valence-electron chi connectivity index (χ4n) is 2.33. The van der Waals surface area contributed by atoms with Crippen LogP contribution >= 0.6 is 0 Å². The lowest BCUT2D eigenvalue weighted by Crippen LogP contribution is -2.35. The van der Waals surface area contributed by atoms with Crippen molar-refractivity contribution in [2.24, 2.45) is 11.7 Å². The summed E-state index contributed by atoms with van der Waals surface area (Å²) in [5, 5.41) is 10.5. The summed E-state index contributed by atoms with van der Waals surface area (Å²) in [5.41, 5.74) is 7.30. The van der Waals surface area contributed by atoms with E-state index in [2.05, 4.69) is 6.07 Å². The first-order chi connectivity index (χ1) is 6.68. The zero-order chi connectivity index (χ0) is 10.2. The van der Waals surface area contributed by atoms with Crippen LogP contribution in [0.25, 0.3) is 0 Å². The number of benzene rings is 1. The first-order valence-electron chi connectivity index (χ1n) is 5.19. The van der Waals surface area contributed by atoms with Crippen LogP contribution in [0.5, 0.6) is 0 Å². The molecule has 2 heteroatoms. The first kappa shape index (κ1) is 9.69. The van der Waals surface area contributed by atoms with Crippen LogP contribution in [0.3, 0.4) is 0 Å². The molecule has 0 aromatic heterocycles. The van der Waals surface area contributed by atoms with E-state index < -0.39 is 5.60 Å². The van der Waals surface area contributed by atoms with Crippen LogP contribution < -0.4 is 5.73 Å². The smallest absolute Gasteiger partial charge is 0.0939 e. The SMILES string of the molecule is CC(CN)C1(O)CCc2ccccc21. The molecule has 0 saturated heterocycles. The Balaban J connectivity index is 2.42. The van der Waals surface area contributed by atoms with E-state index in [0.717, 1.165) is 18.4 Å². The number of hydrogen-bond acceptors (Lipinski definition) is 2. The standard InChI is InChI=1S/C12H17NO/c1-9(8-13)12(14)7-6-10-4-2-3-5-11(10)12/h2-5,9,14H,6-8,13H2,1H3. The molecule has 1 aromatic rings. The number of fused-ring (bicyclic) bond motifs is 1. The third-order valence-electron chi connectivity index (χ3n) is 3.43. The van der Waals surface area contributed by atoms with E-state index in [1.54, 1.807) is 0 Å². The minimum absolute atomic E-state index is 0.131. The largest absolute Gasteiger partial charge is 0.385 e. The maximum absolute atomic E-state index is 10.5. The van der Waals surface area contributed by atoms with Crippen molar-refractivity contribution in [1.29, 1.82) is 0 Å². The Kier molecular flexibility index (Phi) is 2.33. The summed E-state index contributed by atoms with van der Waals surface area (Å²) in [6, 6.07) is 8.13. The van der Waals surface area contributed by atoms with Crippen molar-refractivity contribution in [3.8, 4) is 0 Å². The fourth-order valence-corrected chi connectivity index (χ4v) is 2.33. The van der Waals surface area contributed by atoms with Gasteiger partial charge in [0.1, 0.15) is 0 Å². The molecule has 2 atom stereocenters. The number of aliphatic hydroxyl groups is 1. The monoisotopic (exact) mass is 191 g/mol. The van der Waals surface area contributed by atoms with E-state index in [0.29, 0.717) is 6.54 Å². The molecular formula is C12H17NO. The predicted octanol–water partition coefficient (Wildman–Crippen LogP) is 1.42. The number of nitrogens with two attached hydrogens (primary N) is 1. The summed E-state index contributed by atoms with van der Waals surface area (Å²) in [4.78, 5) is 0. The maximum atomic E-state index is 10.5. The number of aryl methyl sites for hydroxylation is 1. The van der Waals surface area contributed by atoms with Crippen LogP contribution in [0.1, 0.15) is 24.5 Å². The van der Waals surface area contributed by atoms with E-state index >= 15 is 0 Å². The molecule has 0 bridgehead atoms. The zero-order valence-corrected chi connectivity index (χ0v) is 8.53. The Labute approximate surface area is 84.7 Å². The molecule has 0 fully saturated rings. The molecule has 1 aromatic carbocycles. The van der Waals surface area contributed by atoms with Gasteiger partial charge in [0.15, 0.2) is 0 Å². The summed E-state index contributed by atoms with van der Waals surface area (Å²) in [5.74, 6) is 0.131. The van der Waals surface area contributed by atoms with Crippen LogP contribution in [-0.2, 0) is 12.0 Å². The van der Waals surface area contributed by atoms with Gasteiger partial charge in [0.25, 0.3) is 0 Å². The zero-order valence-electron chi connectivity index (χ0n) is 8.53. The molecule has 1 aliphatic rings. The average Bonchev–Trinajstić information content (AvgIpc) is 2.58. The van der Waals surface area contributed by atoms with Crippen LogP contribution in [0, 0.1) is 5.92 Å². The molecule has 0 aliphatic heterocycles. The summed E-state index contributed by atoms with van der Waals surface area (Å²) in [6.07, 6.45) is 1.78. The topological polar surface area (TPSA) is 46.2 Å². The van der Waals surface area contributed by atoms with Crippen molar-refractivity contribution in [2.75, 3.05) is 6.54 Å². The Bertz CT molecular complexity index is 337. The molecule has 0 saturated carbocycles. The van der Waals surface area contributed by atoms with Crippen LogP contribution in [0.2, 0.25) is 0 Å². The molecule has 1 aliphatic carbocycles. The normalized spacial score (nSPS) is 27.4. The second kappa shape index (κ2) is 3.37. The molecule has 0 amide bonds.